The molecule has 0 radical (unpaired) electrons. The second-order valence-corrected chi connectivity index (χ2v) is 9.46. The molecular weight excluding hydrogens is 424 g/mol. The fourth-order valence-electron chi connectivity index (χ4n) is 4.08. The van der Waals surface area contributed by atoms with E-state index in [0.29, 0.717) is 29.9 Å². The number of fused-ring (bicyclic) bond motifs is 2. The third-order valence-electron chi connectivity index (χ3n) is 5.78. The molecule has 2 aliphatic heterocycles. The summed E-state index contributed by atoms with van der Waals surface area (Å²) < 4.78 is 28.3. The summed E-state index contributed by atoms with van der Waals surface area (Å²) >= 11 is 0. The Kier molecular flexibility index (Phi) is 4.94. The van der Waals surface area contributed by atoms with E-state index in [1.165, 1.54) is 0 Å². The fraction of sp³-hybridized carbons (Fsp3) is 0.167. The van der Waals surface area contributed by atoms with Crippen molar-refractivity contribution in [2.45, 2.75) is 11.4 Å². The summed E-state index contributed by atoms with van der Waals surface area (Å²) in [5, 5.41) is 3.07. The lowest BCUT2D eigenvalue weighted by atomic mass is 10.1. The van der Waals surface area contributed by atoms with E-state index >= 15 is 0 Å². The van der Waals surface area contributed by atoms with Gasteiger partial charge in [-0.15, -0.1) is 4.40 Å². The molecule has 0 saturated heterocycles. The van der Waals surface area contributed by atoms with Crippen molar-refractivity contribution in [3.63, 3.8) is 0 Å². The summed E-state index contributed by atoms with van der Waals surface area (Å²) in [5.74, 6) is 0.250. The minimum Gasteiger partial charge on any atom is -0.373 e. The number of sulfonamides is 1. The summed E-state index contributed by atoms with van der Waals surface area (Å²) in [6.07, 6.45) is 0. The molecule has 7 nitrogen and oxygen atoms in total. The van der Waals surface area contributed by atoms with Gasteiger partial charge in [0.25, 0.3) is 15.9 Å². The number of anilines is 2. The fourth-order valence-corrected chi connectivity index (χ4v) is 5.25. The van der Waals surface area contributed by atoms with Gasteiger partial charge in [0.15, 0.2) is 5.84 Å². The molecule has 1 N–H and O–H groups in total. The molecule has 0 fully saturated rings. The van der Waals surface area contributed by atoms with Gasteiger partial charge in [0, 0.05) is 49.2 Å². The number of benzene rings is 3. The summed E-state index contributed by atoms with van der Waals surface area (Å²) in [4.78, 5) is 17.4. The highest BCUT2D eigenvalue weighted by atomic mass is 32.2. The smallest absolute Gasteiger partial charge is 0.285 e. The number of likely N-dealkylation sites (N-methyl/N-ethyl adjacent to an activating group) is 1. The third-order valence-corrected chi connectivity index (χ3v) is 7.12. The quantitative estimate of drug-likeness (QED) is 0.653. The van der Waals surface area contributed by atoms with Gasteiger partial charge < -0.3 is 15.1 Å². The first-order valence-corrected chi connectivity index (χ1v) is 11.8. The molecule has 0 aromatic heterocycles. The van der Waals surface area contributed by atoms with Crippen molar-refractivity contribution in [1.82, 2.24) is 4.90 Å². The molecule has 2 heterocycles. The van der Waals surface area contributed by atoms with E-state index in [1.54, 1.807) is 48.5 Å². The molecule has 3 aromatic rings. The van der Waals surface area contributed by atoms with Gasteiger partial charge in [0.05, 0.1) is 0 Å². The van der Waals surface area contributed by atoms with Gasteiger partial charge in [0.2, 0.25) is 0 Å². The highest BCUT2D eigenvalue weighted by Crippen LogP contribution is 2.27. The first-order valence-electron chi connectivity index (χ1n) is 10.3. The van der Waals surface area contributed by atoms with Crippen molar-refractivity contribution >= 4 is 33.1 Å². The van der Waals surface area contributed by atoms with Crippen molar-refractivity contribution in [3.8, 4) is 0 Å². The number of nitrogens with zero attached hydrogens (tertiary/aromatic N) is 3. The van der Waals surface area contributed by atoms with Crippen LogP contribution < -0.4 is 10.2 Å². The highest BCUT2D eigenvalue weighted by Gasteiger charge is 2.28. The summed E-state index contributed by atoms with van der Waals surface area (Å²) in [5.41, 5.74) is 4.06. The van der Waals surface area contributed by atoms with Crippen LogP contribution in [-0.4, -0.2) is 45.2 Å². The molecule has 32 heavy (non-hydrogen) atoms. The largest absolute Gasteiger partial charge is 0.373 e. The van der Waals surface area contributed by atoms with Crippen molar-refractivity contribution in [1.29, 1.82) is 0 Å². The molecule has 0 atom stereocenters. The minimum absolute atomic E-state index is 0.0345. The number of carbonyl (C=O) groups is 1. The molecule has 0 aliphatic carbocycles. The predicted molar refractivity (Wildman–Crippen MR) is 125 cm³/mol. The van der Waals surface area contributed by atoms with E-state index in [2.05, 4.69) is 26.7 Å². The minimum atomic E-state index is -3.68. The number of carbonyl (C=O) groups excluding carboxylic acids is 1. The lowest BCUT2D eigenvalue weighted by Gasteiger charge is -2.21. The van der Waals surface area contributed by atoms with Crippen LogP contribution in [-0.2, 0) is 16.6 Å². The maximum Gasteiger partial charge on any atom is 0.285 e. The van der Waals surface area contributed by atoms with E-state index in [-0.39, 0.29) is 16.6 Å². The molecule has 2 aliphatic rings. The Labute approximate surface area is 187 Å². The zero-order valence-corrected chi connectivity index (χ0v) is 18.3. The van der Waals surface area contributed by atoms with Crippen LogP contribution in [0.15, 0.2) is 82.1 Å². The van der Waals surface area contributed by atoms with Crippen molar-refractivity contribution in [3.05, 3.63) is 89.5 Å². The maximum atomic E-state index is 13.2. The molecule has 0 saturated carbocycles. The van der Waals surface area contributed by atoms with Crippen LogP contribution in [0.25, 0.3) is 0 Å². The van der Waals surface area contributed by atoms with Crippen LogP contribution in [0.2, 0.25) is 0 Å². The Morgan fingerprint density at radius 2 is 1.66 bits per heavy atom. The molecule has 3 aromatic carbocycles. The molecule has 0 bridgehead atoms. The van der Waals surface area contributed by atoms with Crippen LogP contribution in [0.4, 0.5) is 11.4 Å². The van der Waals surface area contributed by atoms with E-state index in [1.807, 2.05) is 24.1 Å². The average molecular weight is 447 g/mol. The van der Waals surface area contributed by atoms with Crippen LogP contribution >= 0.6 is 0 Å². The zero-order valence-electron chi connectivity index (χ0n) is 17.5. The van der Waals surface area contributed by atoms with Crippen LogP contribution in [0.5, 0.6) is 0 Å². The third kappa shape index (κ3) is 3.62. The van der Waals surface area contributed by atoms with Crippen molar-refractivity contribution in [2.75, 3.05) is 30.4 Å². The maximum absolute atomic E-state index is 13.2. The molecular formula is C24H22N4O3S. The summed E-state index contributed by atoms with van der Waals surface area (Å²) in [6, 6.07) is 21.9. The Morgan fingerprint density at radius 1 is 0.938 bits per heavy atom. The van der Waals surface area contributed by atoms with E-state index in [0.717, 1.165) is 17.8 Å². The number of hydrogen-bond acceptors (Lipinski definition) is 5. The Morgan fingerprint density at radius 3 is 2.47 bits per heavy atom. The first-order chi connectivity index (χ1) is 15.4. The number of nitrogens with one attached hydrogen (secondary N) is 1. The molecule has 5 rings (SSSR count). The lowest BCUT2D eigenvalue weighted by molar-refractivity contribution is 0.0752. The second kappa shape index (κ2) is 7.80. The zero-order chi connectivity index (χ0) is 22.3. The Bertz CT molecular complexity index is 1330. The molecule has 0 unspecified atom stereocenters. The second-order valence-electron chi connectivity index (χ2n) is 7.89. The van der Waals surface area contributed by atoms with Crippen LogP contribution in [0.3, 0.4) is 0 Å². The number of amidine groups is 1. The number of rotatable bonds is 2. The topological polar surface area (TPSA) is 82.1 Å². The van der Waals surface area contributed by atoms with Crippen molar-refractivity contribution in [2.24, 2.45) is 4.40 Å². The number of hydrogen-bond donors (Lipinski definition) is 1. The molecule has 8 heteroatoms. The molecule has 1 amide bonds. The molecule has 0 spiro atoms. The SMILES string of the molecule is CN1CCN(C(=O)c2ccc(NC3=NS(=O)(=O)c4ccccc43)cc2)Cc2ccccc21. The highest BCUT2D eigenvalue weighted by molar-refractivity contribution is 7.90. The van der Waals surface area contributed by atoms with Gasteiger partial charge in [-0.2, -0.15) is 8.42 Å². The van der Waals surface area contributed by atoms with Crippen LogP contribution in [0.1, 0.15) is 21.5 Å². The first kappa shape index (κ1) is 20.3. The normalized spacial score (nSPS) is 16.6. The predicted octanol–water partition coefficient (Wildman–Crippen LogP) is 3.34. The summed E-state index contributed by atoms with van der Waals surface area (Å²) in [7, 11) is -1.64. The lowest BCUT2D eigenvalue weighted by Crippen LogP contribution is -2.34. The van der Waals surface area contributed by atoms with Gasteiger partial charge >= 0.3 is 0 Å². The van der Waals surface area contributed by atoms with Crippen molar-refractivity contribution < 1.29 is 13.2 Å². The number of para-hydroxylation sites is 1. The standard InChI is InChI=1S/C24H22N4O3S/c1-27-14-15-28(16-18-6-2-4-8-21(18)27)24(29)17-10-12-19(13-11-17)25-23-20-7-3-5-9-22(20)32(30,31)26-23/h2-13H,14-16H2,1H3,(H,25,26). The van der Waals surface area contributed by atoms with Gasteiger partial charge in [-0.05, 0) is 48.0 Å². The van der Waals surface area contributed by atoms with E-state index in [4.69, 9.17) is 0 Å². The van der Waals surface area contributed by atoms with Gasteiger partial charge in [0.1, 0.15) is 4.90 Å². The van der Waals surface area contributed by atoms with Crippen LogP contribution in [0, 0.1) is 0 Å². The molecule has 162 valence electrons. The van der Waals surface area contributed by atoms with E-state index < -0.39 is 10.0 Å². The summed E-state index contributed by atoms with van der Waals surface area (Å²) in [6.45, 7) is 1.95. The van der Waals surface area contributed by atoms with E-state index in [9.17, 15) is 13.2 Å². The van der Waals surface area contributed by atoms with Gasteiger partial charge in [-0.25, -0.2) is 0 Å². The van der Waals surface area contributed by atoms with Gasteiger partial charge in [-0.1, -0.05) is 30.3 Å². The Hall–Kier alpha value is -3.65. The Balaban J connectivity index is 1.34. The van der Waals surface area contributed by atoms with Gasteiger partial charge in [-0.3, -0.25) is 4.79 Å². The monoisotopic (exact) mass is 446 g/mol. The average Bonchev–Trinajstić information content (AvgIpc) is 2.94. The number of amides is 1.